The first kappa shape index (κ1) is 23.3. The number of hydrogen-bond acceptors (Lipinski definition) is 3. The first-order valence-electron chi connectivity index (χ1n) is 13.7. The molecule has 0 atom stereocenters. The minimum atomic E-state index is 0.538. The van der Waals surface area contributed by atoms with E-state index in [1.54, 1.807) is 0 Å². The molecule has 1 aliphatic rings. The molecular weight excluding hydrogens is 502 g/mol. The van der Waals surface area contributed by atoms with Gasteiger partial charge in [-0.3, -0.25) is 4.90 Å². The zero-order valence-corrected chi connectivity index (χ0v) is 22.2. The predicted molar refractivity (Wildman–Crippen MR) is 169 cm³/mol. The van der Waals surface area contributed by atoms with E-state index in [9.17, 15) is 0 Å². The summed E-state index contributed by atoms with van der Waals surface area (Å²) in [5.41, 5.74) is 8.90. The molecule has 0 radical (unpaired) electrons. The number of nitrogens with one attached hydrogen (secondary N) is 1. The van der Waals surface area contributed by atoms with Gasteiger partial charge < -0.3 is 9.72 Å². The summed E-state index contributed by atoms with van der Waals surface area (Å²) in [4.78, 5) is 10.8. The largest absolute Gasteiger partial charge is 0.439 e. The van der Waals surface area contributed by atoms with E-state index in [1.165, 1.54) is 10.8 Å². The van der Waals surface area contributed by atoms with Crippen LogP contribution in [-0.2, 0) is 0 Å². The van der Waals surface area contributed by atoms with Crippen molar-refractivity contribution in [3.05, 3.63) is 145 Å². The summed E-state index contributed by atoms with van der Waals surface area (Å²) in [6, 6.07) is 45.8. The van der Waals surface area contributed by atoms with Gasteiger partial charge in [0.25, 0.3) is 0 Å². The molecule has 4 heteroatoms. The highest BCUT2D eigenvalue weighted by Gasteiger charge is 2.21. The summed E-state index contributed by atoms with van der Waals surface area (Å²) in [5.74, 6) is 2.07. The first-order valence-corrected chi connectivity index (χ1v) is 13.7. The van der Waals surface area contributed by atoms with Gasteiger partial charge in [-0.15, -0.1) is 0 Å². The molecule has 0 aliphatic carbocycles. The molecule has 0 fully saturated rings. The lowest BCUT2D eigenvalue weighted by molar-refractivity contribution is 0.463. The van der Waals surface area contributed by atoms with Crippen molar-refractivity contribution < 1.29 is 4.74 Å². The van der Waals surface area contributed by atoms with Crippen molar-refractivity contribution in [1.82, 2.24) is 9.97 Å². The third kappa shape index (κ3) is 4.05. The Kier molecular flexibility index (Phi) is 5.42. The lowest BCUT2D eigenvalue weighted by atomic mass is 10.0. The Bertz CT molecular complexity index is 2060. The second-order valence-corrected chi connectivity index (χ2v) is 10.1. The highest BCUT2D eigenvalue weighted by atomic mass is 16.5. The molecule has 41 heavy (non-hydrogen) atoms. The van der Waals surface area contributed by atoms with Crippen LogP contribution in [0.5, 0.6) is 11.6 Å². The van der Waals surface area contributed by atoms with Crippen molar-refractivity contribution in [1.29, 1.82) is 0 Å². The Morgan fingerprint density at radius 1 is 0.585 bits per heavy atom. The van der Waals surface area contributed by atoms with E-state index in [4.69, 9.17) is 9.72 Å². The number of aromatic nitrogens is 2. The van der Waals surface area contributed by atoms with E-state index in [0.29, 0.717) is 5.88 Å². The van der Waals surface area contributed by atoms with Crippen molar-refractivity contribution in [2.24, 2.45) is 0 Å². The minimum Gasteiger partial charge on any atom is -0.439 e. The molecule has 194 valence electrons. The number of para-hydroxylation sites is 4. The number of fused-ring (bicyclic) bond motifs is 5. The number of pyridine rings is 1. The van der Waals surface area contributed by atoms with Crippen molar-refractivity contribution in [2.45, 2.75) is 0 Å². The van der Waals surface area contributed by atoms with Gasteiger partial charge >= 0.3 is 0 Å². The zero-order chi connectivity index (χ0) is 27.2. The highest BCUT2D eigenvalue weighted by molar-refractivity contribution is 6.11. The van der Waals surface area contributed by atoms with Gasteiger partial charge in [-0.05, 0) is 53.1 Å². The highest BCUT2D eigenvalue weighted by Crippen LogP contribution is 2.42. The summed E-state index contributed by atoms with van der Waals surface area (Å²) >= 11 is 0. The van der Waals surface area contributed by atoms with Crippen LogP contribution in [0.25, 0.3) is 45.1 Å². The molecule has 0 unspecified atom stereocenters. The van der Waals surface area contributed by atoms with Gasteiger partial charge in [0.15, 0.2) is 0 Å². The minimum absolute atomic E-state index is 0.538. The standard InChI is InChI=1S/C37H25N3O/c1-5-18-33-25(10-1)22-23-26-11-2-6-19-34(26)40(33)35-20-9-21-36(39-35)41-28-13-7-12-27(24-28)29-15-8-16-31-30-14-3-4-17-32(30)38-37(29)31/h1-24,38H. The van der Waals surface area contributed by atoms with Gasteiger partial charge in [-0.25, -0.2) is 0 Å². The van der Waals surface area contributed by atoms with E-state index >= 15 is 0 Å². The summed E-state index contributed by atoms with van der Waals surface area (Å²) in [7, 11) is 0. The molecule has 1 aliphatic heterocycles. The quantitative estimate of drug-likeness (QED) is 0.248. The van der Waals surface area contributed by atoms with E-state index < -0.39 is 0 Å². The van der Waals surface area contributed by atoms with Gasteiger partial charge in [-0.1, -0.05) is 103 Å². The van der Waals surface area contributed by atoms with Gasteiger partial charge in [0.1, 0.15) is 11.6 Å². The molecule has 2 aromatic heterocycles. The van der Waals surface area contributed by atoms with Crippen LogP contribution >= 0.6 is 0 Å². The summed E-state index contributed by atoms with van der Waals surface area (Å²) in [6.07, 6.45) is 4.32. The molecule has 5 aromatic carbocycles. The van der Waals surface area contributed by atoms with Crippen molar-refractivity contribution in [2.75, 3.05) is 4.90 Å². The number of nitrogens with zero attached hydrogens (tertiary/aromatic N) is 2. The van der Waals surface area contributed by atoms with Gasteiger partial charge in [0, 0.05) is 27.9 Å². The summed E-state index contributed by atoms with van der Waals surface area (Å²) < 4.78 is 6.39. The molecule has 0 saturated carbocycles. The Balaban J connectivity index is 1.17. The second kappa shape index (κ2) is 9.54. The lowest BCUT2D eigenvalue weighted by Crippen LogP contribution is -2.13. The molecule has 7 aromatic rings. The number of aromatic amines is 1. The van der Waals surface area contributed by atoms with Crippen LogP contribution in [0.1, 0.15) is 11.1 Å². The van der Waals surface area contributed by atoms with Crippen molar-refractivity contribution >= 4 is 51.2 Å². The SMILES string of the molecule is C1=Cc2ccccc2N(c2cccc(Oc3cccc(-c4cccc5c4[nH]c4ccccc45)c3)n2)c2ccccc21. The predicted octanol–water partition coefficient (Wildman–Crippen LogP) is 10.1. The van der Waals surface area contributed by atoms with Crippen LogP contribution in [0, 0.1) is 0 Å². The van der Waals surface area contributed by atoms with Crippen LogP contribution in [0.2, 0.25) is 0 Å². The van der Waals surface area contributed by atoms with Gasteiger partial charge in [0.2, 0.25) is 5.88 Å². The summed E-state index contributed by atoms with van der Waals surface area (Å²) in [6.45, 7) is 0. The number of rotatable bonds is 4. The molecular formula is C37H25N3O. The Morgan fingerprint density at radius 3 is 2.10 bits per heavy atom. The fourth-order valence-corrected chi connectivity index (χ4v) is 5.77. The average molecular weight is 528 g/mol. The van der Waals surface area contributed by atoms with Crippen LogP contribution in [0.3, 0.4) is 0 Å². The second-order valence-electron chi connectivity index (χ2n) is 10.1. The molecule has 8 rings (SSSR count). The molecule has 0 spiro atoms. The van der Waals surface area contributed by atoms with E-state index in [0.717, 1.165) is 56.2 Å². The lowest BCUT2D eigenvalue weighted by Gasteiger charge is -2.26. The molecule has 1 N–H and O–H groups in total. The Hall–Kier alpha value is -5.61. The number of anilines is 3. The third-order valence-corrected chi connectivity index (χ3v) is 7.64. The average Bonchev–Trinajstić information content (AvgIpc) is 3.32. The number of ether oxygens (including phenoxy) is 1. The smallest absolute Gasteiger partial charge is 0.221 e. The van der Waals surface area contributed by atoms with Gasteiger partial charge in [0.05, 0.1) is 16.9 Å². The van der Waals surface area contributed by atoms with E-state index in [1.807, 2.05) is 30.3 Å². The van der Waals surface area contributed by atoms with Crippen LogP contribution in [0.15, 0.2) is 133 Å². The van der Waals surface area contributed by atoms with Crippen molar-refractivity contribution in [3.8, 4) is 22.8 Å². The topological polar surface area (TPSA) is 41.1 Å². The summed E-state index contributed by atoms with van der Waals surface area (Å²) in [5, 5.41) is 2.44. The zero-order valence-electron chi connectivity index (χ0n) is 22.2. The van der Waals surface area contributed by atoms with Crippen LogP contribution < -0.4 is 9.64 Å². The molecule has 0 amide bonds. The maximum atomic E-state index is 6.39. The monoisotopic (exact) mass is 527 g/mol. The number of H-pyrrole nitrogens is 1. The maximum Gasteiger partial charge on any atom is 0.221 e. The van der Waals surface area contributed by atoms with Gasteiger partial charge in [-0.2, -0.15) is 4.98 Å². The fourth-order valence-electron chi connectivity index (χ4n) is 5.77. The normalized spacial score (nSPS) is 12.2. The molecule has 0 bridgehead atoms. The maximum absolute atomic E-state index is 6.39. The first-order chi connectivity index (χ1) is 20.3. The fraction of sp³-hybridized carbons (Fsp3) is 0. The van der Waals surface area contributed by atoms with E-state index in [2.05, 4.69) is 125 Å². The van der Waals surface area contributed by atoms with E-state index in [-0.39, 0.29) is 0 Å². The Morgan fingerprint density at radius 2 is 1.27 bits per heavy atom. The van der Waals surface area contributed by atoms with Crippen LogP contribution in [0.4, 0.5) is 17.2 Å². The molecule has 3 heterocycles. The van der Waals surface area contributed by atoms with Crippen molar-refractivity contribution in [3.63, 3.8) is 0 Å². The third-order valence-electron chi connectivity index (χ3n) is 7.64. The number of benzene rings is 5. The number of hydrogen-bond donors (Lipinski definition) is 1. The Labute approximate surface area is 237 Å². The molecule has 0 saturated heterocycles. The molecule has 4 nitrogen and oxygen atoms in total. The van der Waals surface area contributed by atoms with Crippen LogP contribution in [-0.4, -0.2) is 9.97 Å².